The molecule has 1 atom stereocenters. The molecular weight excluding hydrogens is 268 g/mol. The van der Waals surface area contributed by atoms with Crippen molar-refractivity contribution in [2.24, 2.45) is 11.8 Å². The van der Waals surface area contributed by atoms with Crippen LogP contribution in [0.25, 0.3) is 0 Å². The molecule has 0 aromatic carbocycles. The molecule has 2 rings (SSSR count). The Kier molecular flexibility index (Phi) is 5.73. The van der Waals surface area contributed by atoms with Gasteiger partial charge in [-0.1, -0.05) is 45.3 Å². The third-order valence-corrected chi connectivity index (χ3v) is 4.26. The zero-order chi connectivity index (χ0) is 14.5. The molecule has 1 fully saturated rings. The second-order valence-electron chi connectivity index (χ2n) is 6.28. The summed E-state index contributed by atoms with van der Waals surface area (Å²) in [4.78, 5) is 7.98. The highest BCUT2D eigenvalue weighted by atomic mass is 32.1. The van der Waals surface area contributed by atoms with E-state index < -0.39 is 0 Å². The lowest BCUT2D eigenvalue weighted by molar-refractivity contribution is 0.0286. The summed E-state index contributed by atoms with van der Waals surface area (Å²) in [7, 11) is 1.78. The molecule has 0 amide bonds. The normalized spacial score (nSPS) is 18.4. The number of aromatic amines is 1. The SMILES string of the molecule is COC(c1nc(=S)cc(CC(C)C)[nH]1)C1CCCCC1. The topological polar surface area (TPSA) is 37.9 Å². The first-order chi connectivity index (χ1) is 9.60. The molecule has 1 unspecified atom stereocenters. The van der Waals surface area contributed by atoms with Gasteiger partial charge in [-0.15, -0.1) is 0 Å². The molecule has 0 spiro atoms. The van der Waals surface area contributed by atoms with Crippen molar-refractivity contribution in [1.29, 1.82) is 0 Å². The number of rotatable bonds is 5. The van der Waals surface area contributed by atoms with Crippen molar-refractivity contribution in [3.63, 3.8) is 0 Å². The van der Waals surface area contributed by atoms with Crippen LogP contribution in [0, 0.1) is 16.5 Å². The Labute approximate surface area is 127 Å². The van der Waals surface area contributed by atoms with Crippen LogP contribution < -0.4 is 0 Å². The Hall–Kier alpha value is -0.740. The van der Waals surface area contributed by atoms with Gasteiger partial charge in [-0.3, -0.25) is 0 Å². The van der Waals surface area contributed by atoms with E-state index in [0.29, 0.717) is 16.5 Å². The second-order valence-corrected chi connectivity index (χ2v) is 6.70. The van der Waals surface area contributed by atoms with E-state index in [2.05, 4.69) is 23.8 Å². The minimum atomic E-state index is 0.0594. The van der Waals surface area contributed by atoms with Crippen LogP contribution in [0.1, 0.15) is 63.6 Å². The Morgan fingerprint density at radius 2 is 2.05 bits per heavy atom. The van der Waals surface area contributed by atoms with Crippen LogP contribution in [0.4, 0.5) is 0 Å². The number of nitrogens with zero attached hydrogens (tertiary/aromatic N) is 1. The van der Waals surface area contributed by atoms with Gasteiger partial charge in [0.1, 0.15) is 16.6 Å². The van der Waals surface area contributed by atoms with Crippen molar-refractivity contribution in [1.82, 2.24) is 9.97 Å². The molecule has 1 N–H and O–H groups in total. The van der Waals surface area contributed by atoms with Crippen molar-refractivity contribution in [3.8, 4) is 0 Å². The van der Waals surface area contributed by atoms with Crippen molar-refractivity contribution < 1.29 is 4.74 Å². The molecule has 1 aromatic rings. The lowest BCUT2D eigenvalue weighted by Gasteiger charge is -2.28. The van der Waals surface area contributed by atoms with Gasteiger partial charge in [0.2, 0.25) is 0 Å². The van der Waals surface area contributed by atoms with Crippen LogP contribution >= 0.6 is 12.2 Å². The summed E-state index contributed by atoms with van der Waals surface area (Å²) in [6.07, 6.45) is 7.48. The standard InChI is InChI=1S/C16H26N2OS/c1-11(2)9-13-10-14(20)18-16(17-13)15(19-3)12-7-5-4-6-8-12/h10-12,15H,4-9H2,1-3H3,(H,17,18,20). The van der Waals surface area contributed by atoms with Crippen molar-refractivity contribution in [2.75, 3.05) is 7.11 Å². The van der Waals surface area contributed by atoms with E-state index in [0.717, 1.165) is 12.2 Å². The van der Waals surface area contributed by atoms with Crippen LogP contribution in [-0.4, -0.2) is 17.1 Å². The Morgan fingerprint density at radius 3 is 2.65 bits per heavy atom. The average Bonchev–Trinajstić information content (AvgIpc) is 2.39. The number of ether oxygens (including phenoxy) is 1. The highest BCUT2D eigenvalue weighted by molar-refractivity contribution is 7.71. The van der Waals surface area contributed by atoms with E-state index >= 15 is 0 Å². The summed E-state index contributed by atoms with van der Waals surface area (Å²) in [5.41, 5.74) is 1.17. The van der Waals surface area contributed by atoms with E-state index in [4.69, 9.17) is 17.0 Å². The van der Waals surface area contributed by atoms with Gasteiger partial charge in [0.05, 0.1) is 0 Å². The van der Waals surface area contributed by atoms with Crippen molar-refractivity contribution in [2.45, 2.75) is 58.5 Å². The van der Waals surface area contributed by atoms with Gasteiger partial charge in [-0.05, 0) is 37.2 Å². The maximum Gasteiger partial charge on any atom is 0.137 e. The third kappa shape index (κ3) is 4.13. The smallest absolute Gasteiger partial charge is 0.137 e. The van der Waals surface area contributed by atoms with Crippen LogP contribution in [0.3, 0.4) is 0 Å². The molecule has 1 aromatic heterocycles. The van der Waals surface area contributed by atoms with Crippen LogP contribution in [0.5, 0.6) is 0 Å². The van der Waals surface area contributed by atoms with Crippen LogP contribution in [-0.2, 0) is 11.2 Å². The Morgan fingerprint density at radius 1 is 1.35 bits per heavy atom. The molecule has 0 radical (unpaired) electrons. The first-order valence-corrected chi connectivity index (χ1v) is 8.14. The fourth-order valence-electron chi connectivity index (χ4n) is 3.18. The summed E-state index contributed by atoms with van der Waals surface area (Å²) >= 11 is 5.32. The minimum absolute atomic E-state index is 0.0594. The fraction of sp³-hybridized carbons (Fsp3) is 0.750. The van der Waals surface area contributed by atoms with Crippen LogP contribution in [0.2, 0.25) is 0 Å². The number of hydrogen-bond donors (Lipinski definition) is 1. The molecule has 0 bridgehead atoms. The Balaban J connectivity index is 2.24. The van der Waals surface area contributed by atoms with Crippen molar-refractivity contribution in [3.05, 3.63) is 22.2 Å². The first kappa shape index (κ1) is 15.6. The lowest BCUT2D eigenvalue weighted by atomic mass is 9.85. The molecule has 112 valence electrons. The molecule has 1 aliphatic carbocycles. The second kappa shape index (κ2) is 7.32. The van der Waals surface area contributed by atoms with Crippen molar-refractivity contribution >= 4 is 12.2 Å². The molecule has 4 heteroatoms. The van der Waals surface area contributed by atoms with Gasteiger partial charge in [0.15, 0.2) is 0 Å². The number of nitrogens with one attached hydrogen (secondary N) is 1. The molecule has 3 nitrogen and oxygen atoms in total. The third-order valence-electron chi connectivity index (χ3n) is 4.05. The molecule has 20 heavy (non-hydrogen) atoms. The van der Waals surface area contributed by atoms with Gasteiger partial charge >= 0.3 is 0 Å². The molecule has 0 aliphatic heterocycles. The summed E-state index contributed by atoms with van der Waals surface area (Å²) in [5, 5.41) is 0. The Bertz CT molecular complexity index is 478. The zero-order valence-electron chi connectivity index (χ0n) is 12.8. The number of H-pyrrole nitrogens is 1. The predicted molar refractivity (Wildman–Crippen MR) is 84.3 cm³/mol. The van der Waals surface area contributed by atoms with E-state index in [-0.39, 0.29) is 6.10 Å². The monoisotopic (exact) mass is 294 g/mol. The zero-order valence-corrected chi connectivity index (χ0v) is 13.6. The molecule has 1 saturated carbocycles. The largest absolute Gasteiger partial charge is 0.373 e. The number of aromatic nitrogens is 2. The average molecular weight is 294 g/mol. The number of hydrogen-bond acceptors (Lipinski definition) is 3. The predicted octanol–water partition coefficient (Wildman–Crippen LogP) is 4.61. The van der Waals surface area contributed by atoms with Gasteiger partial charge in [-0.2, -0.15) is 0 Å². The lowest BCUT2D eigenvalue weighted by Crippen LogP contribution is -2.21. The van der Waals surface area contributed by atoms with E-state index in [1.165, 1.54) is 37.8 Å². The fourth-order valence-corrected chi connectivity index (χ4v) is 3.42. The van der Waals surface area contributed by atoms with Crippen LogP contribution in [0.15, 0.2) is 6.07 Å². The molecule has 1 heterocycles. The van der Waals surface area contributed by atoms with Gasteiger partial charge in [0, 0.05) is 12.8 Å². The minimum Gasteiger partial charge on any atom is -0.373 e. The summed E-state index contributed by atoms with van der Waals surface area (Å²) < 4.78 is 6.42. The quantitative estimate of drug-likeness (QED) is 0.806. The van der Waals surface area contributed by atoms with Gasteiger partial charge < -0.3 is 9.72 Å². The number of methoxy groups -OCH3 is 1. The molecular formula is C16H26N2OS. The van der Waals surface area contributed by atoms with Gasteiger partial charge in [0.25, 0.3) is 0 Å². The van der Waals surface area contributed by atoms with E-state index in [9.17, 15) is 0 Å². The summed E-state index contributed by atoms with van der Waals surface area (Å²) in [6, 6.07) is 1.98. The first-order valence-electron chi connectivity index (χ1n) is 7.73. The maximum absolute atomic E-state index is 5.75. The summed E-state index contributed by atoms with van der Waals surface area (Å²) in [6.45, 7) is 4.43. The van der Waals surface area contributed by atoms with E-state index in [1.54, 1.807) is 7.11 Å². The summed E-state index contributed by atoms with van der Waals surface area (Å²) in [5.74, 6) is 2.09. The van der Waals surface area contributed by atoms with E-state index in [1.807, 2.05) is 6.07 Å². The van der Waals surface area contributed by atoms with Gasteiger partial charge in [-0.25, -0.2) is 4.98 Å². The molecule has 0 saturated heterocycles. The molecule has 1 aliphatic rings. The highest BCUT2D eigenvalue weighted by Crippen LogP contribution is 2.35. The highest BCUT2D eigenvalue weighted by Gasteiger charge is 2.26. The maximum atomic E-state index is 5.75.